The lowest BCUT2D eigenvalue weighted by molar-refractivity contribution is -0.136. The van der Waals surface area contributed by atoms with E-state index in [0.29, 0.717) is 0 Å². The third kappa shape index (κ3) is 7.00. The number of hydrogen-bond donors (Lipinski definition) is 0. The summed E-state index contributed by atoms with van der Waals surface area (Å²) in [7, 11) is -0.287. The molecule has 5 heteroatoms. The molecule has 0 aliphatic heterocycles. The first kappa shape index (κ1) is 8.00. The number of rotatable bonds is 2. The molecule has 0 aliphatic rings. The predicted octanol–water partition coefficient (Wildman–Crippen LogP) is -0.621. The van der Waals surface area contributed by atoms with E-state index in [9.17, 15) is 9.59 Å². The van der Waals surface area contributed by atoms with Crippen molar-refractivity contribution in [2.24, 2.45) is 0 Å². The molecule has 9 heavy (non-hydrogen) atoms. The minimum atomic E-state index is -0.462. The van der Waals surface area contributed by atoms with E-state index < -0.39 is 11.9 Å². The zero-order chi connectivity index (χ0) is 7.28. The van der Waals surface area contributed by atoms with E-state index in [2.05, 4.69) is 9.31 Å². The Morgan fingerprint density at radius 1 is 1.11 bits per heavy atom. The highest BCUT2D eigenvalue weighted by Gasteiger charge is 1.98. The molecule has 50 valence electrons. The van der Waals surface area contributed by atoms with Gasteiger partial charge in [0.05, 0.1) is 0 Å². The quantitative estimate of drug-likeness (QED) is 0.467. The van der Waals surface area contributed by atoms with Crippen LogP contribution in [0.5, 0.6) is 0 Å². The van der Waals surface area contributed by atoms with Gasteiger partial charge in [-0.2, -0.15) is 0 Å². The molecule has 0 rings (SSSR count). The SMILES string of the molecule is CC(=O)OBOC(C)=O. The van der Waals surface area contributed by atoms with Crippen LogP contribution in [-0.2, 0) is 18.9 Å². The molecule has 0 fully saturated rings. The molecule has 0 aromatic heterocycles. The summed E-state index contributed by atoms with van der Waals surface area (Å²) in [5.41, 5.74) is 0. The first-order valence-electron chi connectivity index (χ1n) is 2.39. The fourth-order valence-corrected chi connectivity index (χ4v) is 0.195. The summed E-state index contributed by atoms with van der Waals surface area (Å²) in [5.74, 6) is -0.924. The molecule has 0 unspecified atom stereocenters. The summed E-state index contributed by atoms with van der Waals surface area (Å²) >= 11 is 0. The van der Waals surface area contributed by atoms with Crippen molar-refractivity contribution in [1.29, 1.82) is 0 Å². The van der Waals surface area contributed by atoms with Crippen LogP contribution >= 0.6 is 0 Å². The fraction of sp³-hybridized carbons (Fsp3) is 0.500. The molecule has 0 bridgehead atoms. The van der Waals surface area contributed by atoms with Crippen molar-refractivity contribution in [3.8, 4) is 0 Å². The van der Waals surface area contributed by atoms with E-state index in [4.69, 9.17) is 0 Å². The Hall–Kier alpha value is -0.995. The van der Waals surface area contributed by atoms with Gasteiger partial charge in [0.2, 0.25) is 0 Å². The molecular weight excluding hydrogens is 123 g/mol. The summed E-state index contributed by atoms with van der Waals surface area (Å²) in [6.45, 7) is 2.48. The van der Waals surface area contributed by atoms with Gasteiger partial charge in [-0.3, -0.25) is 9.59 Å². The van der Waals surface area contributed by atoms with Gasteiger partial charge in [-0.25, -0.2) is 0 Å². The topological polar surface area (TPSA) is 52.6 Å². The molecule has 0 aliphatic carbocycles. The maximum Gasteiger partial charge on any atom is 0.580 e. The molecule has 0 radical (unpaired) electrons. The van der Waals surface area contributed by atoms with Gasteiger partial charge in [-0.15, -0.1) is 0 Å². The van der Waals surface area contributed by atoms with Crippen LogP contribution in [0, 0.1) is 0 Å². The van der Waals surface area contributed by atoms with Crippen molar-refractivity contribution in [3.05, 3.63) is 0 Å². The van der Waals surface area contributed by atoms with Crippen LogP contribution in [0.1, 0.15) is 13.8 Å². The average Bonchev–Trinajstić information content (AvgIpc) is 1.63. The number of carbonyl (C=O) groups is 2. The Morgan fingerprint density at radius 3 is 1.67 bits per heavy atom. The van der Waals surface area contributed by atoms with E-state index in [1.54, 1.807) is 0 Å². The van der Waals surface area contributed by atoms with Crippen LogP contribution in [0.25, 0.3) is 0 Å². The summed E-state index contributed by atoms with van der Waals surface area (Å²) in [5, 5.41) is 0. The smallest absolute Gasteiger partial charge is 0.502 e. The van der Waals surface area contributed by atoms with Crippen LogP contribution in [0.3, 0.4) is 0 Å². The number of hydrogen-bond acceptors (Lipinski definition) is 4. The maximum atomic E-state index is 10.0. The van der Waals surface area contributed by atoms with Crippen molar-refractivity contribution >= 4 is 19.6 Å². The van der Waals surface area contributed by atoms with E-state index in [1.165, 1.54) is 13.8 Å². The Labute approximate surface area is 53.4 Å². The molecule has 0 saturated heterocycles. The van der Waals surface area contributed by atoms with Gasteiger partial charge in [-0.1, -0.05) is 0 Å². The third-order valence-corrected chi connectivity index (χ3v) is 0.524. The largest absolute Gasteiger partial charge is 0.580 e. The van der Waals surface area contributed by atoms with Crippen molar-refractivity contribution in [3.63, 3.8) is 0 Å². The second kappa shape index (κ2) is 3.94. The van der Waals surface area contributed by atoms with Crippen molar-refractivity contribution in [2.45, 2.75) is 13.8 Å². The summed E-state index contributed by atoms with van der Waals surface area (Å²) < 4.78 is 8.54. The monoisotopic (exact) mass is 130 g/mol. The normalized spacial score (nSPS) is 7.78. The fourth-order valence-electron chi connectivity index (χ4n) is 0.195. The molecule has 0 amide bonds. The minimum Gasteiger partial charge on any atom is -0.502 e. The first-order valence-corrected chi connectivity index (χ1v) is 2.39. The van der Waals surface area contributed by atoms with E-state index in [-0.39, 0.29) is 7.69 Å². The molecule has 4 nitrogen and oxygen atoms in total. The lowest BCUT2D eigenvalue weighted by Crippen LogP contribution is -2.11. The molecule has 0 spiro atoms. The number of carbonyl (C=O) groups excluding carboxylic acids is 2. The molecule has 0 N–H and O–H groups in total. The van der Waals surface area contributed by atoms with Crippen LogP contribution in [0.4, 0.5) is 0 Å². The average molecular weight is 130 g/mol. The minimum absolute atomic E-state index is 0.287. The van der Waals surface area contributed by atoms with Gasteiger partial charge in [0.25, 0.3) is 11.9 Å². The van der Waals surface area contributed by atoms with Crippen molar-refractivity contribution in [1.82, 2.24) is 0 Å². The van der Waals surface area contributed by atoms with Gasteiger partial charge in [0, 0.05) is 13.8 Å². The van der Waals surface area contributed by atoms with Crippen LogP contribution in [0.2, 0.25) is 0 Å². The van der Waals surface area contributed by atoms with Gasteiger partial charge in [0.15, 0.2) is 0 Å². The zero-order valence-electron chi connectivity index (χ0n) is 5.34. The van der Waals surface area contributed by atoms with Crippen LogP contribution in [-0.4, -0.2) is 19.6 Å². The van der Waals surface area contributed by atoms with E-state index >= 15 is 0 Å². The third-order valence-electron chi connectivity index (χ3n) is 0.524. The van der Waals surface area contributed by atoms with E-state index in [0.717, 1.165) is 0 Å². The Bertz CT molecular complexity index is 108. The summed E-state index contributed by atoms with van der Waals surface area (Å²) in [6.07, 6.45) is 0. The van der Waals surface area contributed by atoms with Crippen molar-refractivity contribution in [2.75, 3.05) is 0 Å². The van der Waals surface area contributed by atoms with Gasteiger partial charge >= 0.3 is 7.69 Å². The highest BCUT2D eigenvalue weighted by molar-refractivity contribution is 6.25. The highest BCUT2D eigenvalue weighted by atomic mass is 16.6. The maximum absolute atomic E-state index is 10.0. The summed E-state index contributed by atoms with van der Waals surface area (Å²) in [4.78, 5) is 20.0. The predicted molar refractivity (Wildman–Crippen MR) is 30.7 cm³/mol. The molecule has 0 aromatic carbocycles. The van der Waals surface area contributed by atoms with Gasteiger partial charge < -0.3 is 9.31 Å². The second-order valence-electron chi connectivity index (χ2n) is 1.39. The lowest BCUT2D eigenvalue weighted by Gasteiger charge is -1.97. The van der Waals surface area contributed by atoms with Gasteiger partial charge in [-0.05, 0) is 0 Å². The molecule has 0 atom stereocenters. The second-order valence-corrected chi connectivity index (χ2v) is 1.39. The molecule has 0 heterocycles. The lowest BCUT2D eigenvalue weighted by atomic mass is 10.4. The Morgan fingerprint density at radius 2 is 1.44 bits per heavy atom. The first-order chi connectivity index (χ1) is 4.13. The molecule has 0 aromatic rings. The van der Waals surface area contributed by atoms with Crippen LogP contribution < -0.4 is 0 Å². The summed E-state index contributed by atoms with van der Waals surface area (Å²) in [6, 6.07) is 0. The zero-order valence-corrected chi connectivity index (χ0v) is 5.34. The Kier molecular flexibility index (Phi) is 3.51. The highest BCUT2D eigenvalue weighted by Crippen LogP contribution is 1.75. The van der Waals surface area contributed by atoms with Gasteiger partial charge in [0.1, 0.15) is 0 Å². The molecular formula is C4H7BO4. The van der Waals surface area contributed by atoms with Crippen molar-refractivity contribution < 1.29 is 18.9 Å². The van der Waals surface area contributed by atoms with Crippen LogP contribution in [0.15, 0.2) is 0 Å². The van der Waals surface area contributed by atoms with E-state index in [1.807, 2.05) is 0 Å². The standard InChI is InChI=1S/C4H7BO4/c1-3(6)8-5-9-4(2)7/h5H,1-2H3. The Balaban J connectivity index is 3.10. The molecule has 0 saturated carbocycles.